The predicted molar refractivity (Wildman–Crippen MR) is 120 cm³/mol. The number of nitrogens with one attached hydrogen (secondary N) is 1. The zero-order chi connectivity index (χ0) is 20.4. The third-order valence-corrected chi connectivity index (χ3v) is 6.15. The summed E-state index contributed by atoms with van der Waals surface area (Å²) in [6.45, 7) is 0.497. The number of hydrogen-bond acceptors (Lipinski definition) is 6. The molecule has 4 aromatic rings. The first kappa shape index (κ1) is 19.5. The number of nitrogens with zero attached hydrogens (tertiary/aromatic N) is 2. The van der Waals surface area contributed by atoms with Gasteiger partial charge in [0.1, 0.15) is 0 Å². The van der Waals surface area contributed by atoms with Gasteiger partial charge in [-0.2, -0.15) is 0 Å². The third-order valence-electron chi connectivity index (χ3n) is 4.45. The predicted octanol–water partition coefficient (Wildman–Crippen LogP) is 4.65. The Hall–Kier alpha value is -2.84. The van der Waals surface area contributed by atoms with E-state index in [-0.39, 0.29) is 5.56 Å². The molecular formula is C21H18BrN3O3S. The Morgan fingerprint density at radius 1 is 1.10 bits per heavy atom. The maximum atomic E-state index is 13.2. The topological polar surface area (TPSA) is 65.4 Å². The molecule has 0 aliphatic heterocycles. The number of hydrogen-bond donors (Lipinski definition) is 1. The summed E-state index contributed by atoms with van der Waals surface area (Å²) in [6, 6.07) is 14.8. The van der Waals surface area contributed by atoms with Gasteiger partial charge in [0, 0.05) is 20.3 Å². The van der Waals surface area contributed by atoms with E-state index < -0.39 is 0 Å². The van der Waals surface area contributed by atoms with Crippen molar-refractivity contribution in [1.29, 1.82) is 0 Å². The summed E-state index contributed by atoms with van der Waals surface area (Å²) in [5, 5.41) is 2.56. The van der Waals surface area contributed by atoms with Crippen LogP contribution in [0.1, 0.15) is 4.88 Å². The van der Waals surface area contributed by atoms with Gasteiger partial charge in [-0.25, -0.2) is 9.66 Å². The van der Waals surface area contributed by atoms with Crippen LogP contribution in [0.15, 0.2) is 63.2 Å². The number of ether oxygens (including phenoxy) is 2. The second kappa shape index (κ2) is 8.26. The second-order valence-corrected chi connectivity index (χ2v) is 8.14. The van der Waals surface area contributed by atoms with Crippen LogP contribution in [0.5, 0.6) is 11.5 Å². The summed E-state index contributed by atoms with van der Waals surface area (Å²) in [5.41, 5.74) is 4.45. The quantitative estimate of drug-likeness (QED) is 0.443. The van der Waals surface area contributed by atoms with Crippen molar-refractivity contribution in [2.24, 2.45) is 0 Å². The van der Waals surface area contributed by atoms with Crippen molar-refractivity contribution in [3.05, 3.63) is 73.6 Å². The van der Waals surface area contributed by atoms with Crippen LogP contribution < -0.4 is 20.5 Å². The number of thiophene rings is 1. The summed E-state index contributed by atoms with van der Waals surface area (Å²) < 4.78 is 13.3. The van der Waals surface area contributed by atoms with Gasteiger partial charge in [-0.1, -0.05) is 12.1 Å². The second-order valence-electron chi connectivity index (χ2n) is 6.23. The van der Waals surface area contributed by atoms with Crippen LogP contribution in [-0.4, -0.2) is 23.9 Å². The number of halogens is 1. The van der Waals surface area contributed by atoms with Crippen LogP contribution in [0.3, 0.4) is 0 Å². The molecule has 6 nitrogen and oxygen atoms in total. The molecule has 0 spiro atoms. The van der Waals surface area contributed by atoms with Crippen molar-refractivity contribution < 1.29 is 9.47 Å². The Labute approximate surface area is 179 Å². The minimum absolute atomic E-state index is 0.156. The highest BCUT2D eigenvalue weighted by molar-refractivity contribution is 9.10. The van der Waals surface area contributed by atoms with Crippen LogP contribution >= 0.6 is 27.3 Å². The van der Waals surface area contributed by atoms with E-state index in [9.17, 15) is 4.79 Å². The van der Waals surface area contributed by atoms with Gasteiger partial charge in [-0.05, 0) is 52.3 Å². The van der Waals surface area contributed by atoms with E-state index >= 15 is 0 Å². The van der Waals surface area contributed by atoms with Crippen molar-refractivity contribution in [3.63, 3.8) is 0 Å². The van der Waals surface area contributed by atoms with E-state index in [0.29, 0.717) is 34.8 Å². The van der Waals surface area contributed by atoms with E-state index in [2.05, 4.69) is 21.4 Å². The number of fused-ring (bicyclic) bond motifs is 1. The standard InChI is InChI=1S/C21H18BrN3O3S/c1-27-18-8-7-13(9-19(18)28-2)20-24-17-6-4-3-5-16(17)21(26)25(20)23-11-15-10-14(22)12-29-15/h3-10,12,23H,11H2,1-2H3. The smallest absolute Gasteiger partial charge is 0.280 e. The molecule has 0 saturated carbocycles. The highest BCUT2D eigenvalue weighted by Crippen LogP contribution is 2.31. The van der Waals surface area contributed by atoms with Crippen LogP contribution in [-0.2, 0) is 6.54 Å². The minimum Gasteiger partial charge on any atom is -0.493 e. The molecule has 0 atom stereocenters. The zero-order valence-electron chi connectivity index (χ0n) is 15.8. The van der Waals surface area contributed by atoms with Gasteiger partial charge in [0.2, 0.25) is 0 Å². The third kappa shape index (κ3) is 3.86. The number of rotatable bonds is 6. The van der Waals surface area contributed by atoms with Crippen LogP contribution in [0.2, 0.25) is 0 Å². The highest BCUT2D eigenvalue weighted by atomic mass is 79.9. The molecule has 0 unspecified atom stereocenters. The molecule has 0 fully saturated rings. The molecule has 0 amide bonds. The lowest BCUT2D eigenvalue weighted by Crippen LogP contribution is -2.31. The summed E-state index contributed by atoms with van der Waals surface area (Å²) in [6.07, 6.45) is 0. The maximum absolute atomic E-state index is 13.2. The lowest BCUT2D eigenvalue weighted by molar-refractivity contribution is 0.355. The van der Waals surface area contributed by atoms with Gasteiger partial charge in [0.05, 0.1) is 31.7 Å². The van der Waals surface area contributed by atoms with Gasteiger partial charge in [0.15, 0.2) is 17.3 Å². The fourth-order valence-electron chi connectivity index (χ4n) is 3.05. The number of aromatic nitrogens is 2. The van der Waals surface area contributed by atoms with Crippen LogP contribution in [0, 0.1) is 0 Å². The molecule has 0 saturated heterocycles. The molecule has 29 heavy (non-hydrogen) atoms. The SMILES string of the molecule is COc1ccc(-c2nc3ccccc3c(=O)n2NCc2cc(Br)cs2)cc1OC. The van der Waals surface area contributed by atoms with E-state index in [1.165, 1.54) is 4.68 Å². The van der Waals surface area contributed by atoms with E-state index in [4.69, 9.17) is 14.5 Å². The van der Waals surface area contributed by atoms with Crippen LogP contribution in [0.4, 0.5) is 0 Å². The lowest BCUT2D eigenvalue weighted by atomic mass is 10.1. The zero-order valence-corrected chi connectivity index (χ0v) is 18.2. The number of methoxy groups -OCH3 is 2. The largest absolute Gasteiger partial charge is 0.493 e. The van der Waals surface area contributed by atoms with Crippen molar-refractivity contribution in [2.45, 2.75) is 6.54 Å². The van der Waals surface area contributed by atoms with Crippen LogP contribution in [0.25, 0.3) is 22.3 Å². The average molecular weight is 472 g/mol. The Balaban J connectivity index is 1.86. The van der Waals surface area contributed by atoms with Gasteiger partial charge >= 0.3 is 0 Å². The molecular weight excluding hydrogens is 454 g/mol. The molecule has 148 valence electrons. The first-order chi connectivity index (χ1) is 14.1. The molecule has 2 aromatic carbocycles. The van der Waals surface area contributed by atoms with Crippen molar-refractivity contribution in [2.75, 3.05) is 19.6 Å². The van der Waals surface area contributed by atoms with Crippen molar-refractivity contribution in [1.82, 2.24) is 9.66 Å². The fourth-order valence-corrected chi connectivity index (χ4v) is 4.43. The molecule has 8 heteroatoms. The van der Waals surface area contributed by atoms with Gasteiger partial charge in [-0.3, -0.25) is 4.79 Å². The molecule has 0 aliphatic rings. The fraction of sp³-hybridized carbons (Fsp3) is 0.143. The summed E-state index contributed by atoms with van der Waals surface area (Å²) in [7, 11) is 3.16. The lowest BCUT2D eigenvalue weighted by Gasteiger charge is -2.16. The van der Waals surface area contributed by atoms with Crippen molar-refractivity contribution in [3.8, 4) is 22.9 Å². The van der Waals surface area contributed by atoms with E-state index in [0.717, 1.165) is 14.9 Å². The summed E-state index contributed by atoms with van der Waals surface area (Å²) >= 11 is 5.07. The molecule has 2 aromatic heterocycles. The first-order valence-electron chi connectivity index (χ1n) is 8.81. The van der Waals surface area contributed by atoms with E-state index in [1.54, 1.807) is 37.7 Å². The normalized spacial score (nSPS) is 10.9. The molecule has 0 radical (unpaired) electrons. The van der Waals surface area contributed by atoms with Gasteiger partial charge in [-0.15, -0.1) is 11.3 Å². The minimum atomic E-state index is -0.156. The van der Waals surface area contributed by atoms with Crippen molar-refractivity contribution >= 4 is 38.2 Å². The number of para-hydroxylation sites is 1. The Morgan fingerprint density at radius 3 is 2.62 bits per heavy atom. The number of benzene rings is 2. The Morgan fingerprint density at radius 2 is 1.90 bits per heavy atom. The Kier molecular flexibility index (Phi) is 5.55. The summed E-state index contributed by atoms with van der Waals surface area (Å²) in [5.74, 6) is 1.69. The maximum Gasteiger partial charge on any atom is 0.280 e. The molecule has 4 rings (SSSR count). The van der Waals surface area contributed by atoms with E-state index in [1.807, 2.05) is 41.8 Å². The summed E-state index contributed by atoms with van der Waals surface area (Å²) in [4.78, 5) is 19.1. The molecule has 0 aliphatic carbocycles. The van der Waals surface area contributed by atoms with Gasteiger partial charge in [0.25, 0.3) is 5.56 Å². The molecule has 2 heterocycles. The Bertz CT molecular complexity index is 1240. The first-order valence-corrected chi connectivity index (χ1v) is 10.5. The average Bonchev–Trinajstić information content (AvgIpc) is 3.17. The van der Waals surface area contributed by atoms with Gasteiger partial charge < -0.3 is 14.9 Å². The highest BCUT2D eigenvalue weighted by Gasteiger charge is 2.15. The molecule has 1 N–H and O–H groups in total. The molecule has 0 bridgehead atoms. The monoisotopic (exact) mass is 471 g/mol.